The first-order chi connectivity index (χ1) is 17.7. The van der Waals surface area contributed by atoms with Gasteiger partial charge < -0.3 is 20.3 Å². The average molecular weight is 627 g/mol. The van der Waals surface area contributed by atoms with E-state index < -0.39 is 64.2 Å². The summed E-state index contributed by atoms with van der Waals surface area (Å²) in [5.41, 5.74) is 6.13. The van der Waals surface area contributed by atoms with E-state index in [0.29, 0.717) is 0 Å². The summed E-state index contributed by atoms with van der Waals surface area (Å²) in [7, 11) is -9.87. The minimum absolute atomic E-state index is 0.196. The van der Waals surface area contributed by atoms with E-state index in [9.17, 15) is 30.0 Å². The van der Waals surface area contributed by atoms with Gasteiger partial charge in [-0.25, -0.2) is 8.42 Å². The third-order valence-corrected chi connectivity index (χ3v) is 7.48. The molecule has 1 amide bonds. The van der Waals surface area contributed by atoms with Gasteiger partial charge in [0, 0.05) is 18.4 Å². The van der Waals surface area contributed by atoms with Crippen molar-refractivity contribution in [3.63, 3.8) is 0 Å². The minimum Gasteiger partial charge on any atom is -0.454 e. The van der Waals surface area contributed by atoms with Gasteiger partial charge in [0.25, 0.3) is 26.1 Å². The number of benzene rings is 2. The van der Waals surface area contributed by atoms with Crippen LogP contribution in [0.15, 0.2) is 46.3 Å². The fourth-order valence-electron chi connectivity index (χ4n) is 3.06. The molecule has 18 heteroatoms. The van der Waals surface area contributed by atoms with Crippen LogP contribution in [0.4, 0.5) is 0 Å². The monoisotopic (exact) mass is 626 g/mol. The quantitative estimate of drug-likeness (QED) is 0.181. The molecular weight excluding hydrogens is 600 g/mol. The van der Waals surface area contributed by atoms with Crippen LogP contribution in [-0.4, -0.2) is 94.7 Å². The largest absolute Gasteiger partial charge is 0.454 e. The topological polar surface area (TPSA) is 214 Å². The van der Waals surface area contributed by atoms with E-state index in [4.69, 9.17) is 31.2 Å². The van der Waals surface area contributed by atoms with Crippen LogP contribution in [0.25, 0.3) is 0 Å². The molecule has 39 heavy (non-hydrogen) atoms. The Morgan fingerprint density at radius 1 is 1.00 bits per heavy atom. The zero-order valence-corrected chi connectivity index (χ0v) is 24.2. The van der Waals surface area contributed by atoms with Crippen molar-refractivity contribution in [2.45, 2.75) is 11.3 Å². The normalized spacial score (nSPS) is 12.9. The van der Waals surface area contributed by atoms with E-state index in [2.05, 4.69) is 4.99 Å². The van der Waals surface area contributed by atoms with Crippen molar-refractivity contribution >= 4 is 53.5 Å². The molecule has 0 aromatic heterocycles. The summed E-state index contributed by atoms with van der Waals surface area (Å²) >= 11 is 6.26. The van der Waals surface area contributed by atoms with Gasteiger partial charge in [0.1, 0.15) is 22.4 Å². The fraction of sp³-hybridized carbons (Fsp3) is 0.333. The van der Waals surface area contributed by atoms with Crippen molar-refractivity contribution in [1.29, 1.82) is 0 Å². The Morgan fingerprint density at radius 3 is 2.00 bits per heavy atom. The van der Waals surface area contributed by atoms with Crippen LogP contribution in [0, 0.1) is 0 Å². The van der Waals surface area contributed by atoms with Crippen molar-refractivity contribution in [1.82, 2.24) is 9.80 Å². The van der Waals surface area contributed by atoms with Crippen LogP contribution in [0.5, 0.6) is 11.5 Å². The second-order valence-electron chi connectivity index (χ2n) is 8.59. The molecule has 14 nitrogen and oxygen atoms in total. The Labute approximate surface area is 231 Å². The number of carbonyl (C=O) groups is 1. The summed E-state index contributed by atoms with van der Waals surface area (Å²) in [5.74, 6) is -5.11. The number of hydrogen-bond donors (Lipinski definition) is 3. The van der Waals surface area contributed by atoms with Gasteiger partial charge >= 0.3 is 0 Å². The van der Waals surface area contributed by atoms with Gasteiger partial charge in [0.05, 0.1) is 5.02 Å². The van der Waals surface area contributed by atoms with Gasteiger partial charge in [-0.2, -0.15) is 21.8 Å². The summed E-state index contributed by atoms with van der Waals surface area (Å²) < 4.78 is 93.6. The number of aliphatic imine (C=N–C) groups is 1. The minimum atomic E-state index is -4.86. The van der Waals surface area contributed by atoms with Crippen molar-refractivity contribution in [2.75, 3.05) is 38.6 Å². The highest BCUT2D eigenvalue weighted by molar-refractivity contribution is 7.90. The number of amides is 1. The highest BCUT2D eigenvalue weighted by Crippen LogP contribution is 2.37. The molecule has 0 atom stereocenters. The summed E-state index contributed by atoms with van der Waals surface area (Å²) in [5, 5.41) is -0.292. The molecule has 0 fully saturated rings. The Bertz CT molecular complexity index is 1540. The van der Waals surface area contributed by atoms with Gasteiger partial charge in [0.15, 0.2) is 15.6 Å². The lowest BCUT2D eigenvalue weighted by Gasteiger charge is -2.20. The third-order valence-electron chi connectivity index (χ3n) is 4.82. The van der Waals surface area contributed by atoms with Gasteiger partial charge in [-0.15, -0.1) is 0 Å². The number of sulfone groups is 1. The molecule has 0 aliphatic rings. The molecule has 216 valence electrons. The molecule has 0 spiro atoms. The van der Waals surface area contributed by atoms with E-state index in [0.717, 1.165) is 36.9 Å². The summed E-state index contributed by atoms with van der Waals surface area (Å²) in [6.45, 7) is 0.816. The van der Waals surface area contributed by atoms with Crippen LogP contribution in [0.3, 0.4) is 0 Å². The maximum Gasteiger partial charge on any atom is 0.283 e. The number of ether oxygens (including phenoxy) is 1. The predicted molar refractivity (Wildman–Crippen MR) is 144 cm³/mol. The molecule has 0 bridgehead atoms. The smallest absolute Gasteiger partial charge is 0.283 e. The summed E-state index contributed by atoms with van der Waals surface area (Å²) in [6.07, 6.45) is 1.62. The van der Waals surface area contributed by atoms with Crippen molar-refractivity contribution in [3.8, 4) is 11.5 Å². The fourth-order valence-corrected chi connectivity index (χ4v) is 5.56. The number of hydrogen-bond acceptors (Lipinski definition) is 9. The zero-order valence-electron chi connectivity index (χ0n) is 21.0. The standard InChI is InChI=1S/C21H27ClN4O10S3/c1-25(2)9-8-14-4-6-16(7-5-14)36-19-17(22)10-15(11-18(19)37(3,28)29)20(27)24-21(23)26(12-38(30,31)32)13-39(33,34)35/h4-7,10-11H,8-9,12-13H2,1-3H3,(H2,23,24,27)(H,30,31,32)(H,33,34,35). The molecule has 2 rings (SSSR count). The molecule has 0 saturated carbocycles. The molecule has 0 saturated heterocycles. The van der Waals surface area contributed by atoms with E-state index in [1.54, 1.807) is 24.3 Å². The average Bonchev–Trinajstić information content (AvgIpc) is 2.76. The lowest BCUT2D eigenvalue weighted by molar-refractivity contribution is 0.100. The summed E-state index contributed by atoms with van der Waals surface area (Å²) in [6, 6.07) is 8.76. The number of likely N-dealkylation sites (N-methyl/N-ethyl adjacent to an activating group) is 1. The number of halogens is 1. The molecule has 0 aliphatic heterocycles. The van der Waals surface area contributed by atoms with Crippen LogP contribution in [0.1, 0.15) is 15.9 Å². The van der Waals surface area contributed by atoms with Gasteiger partial charge in [0.2, 0.25) is 5.96 Å². The van der Waals surface area contributed by atoms with E-state index in [1.807, 2.05) is 19.0 Å². The Kier molecular flexibility index (Phi) is 10.5. The number of carbonyl (C=O) groups excluding carboxylic acids is 1. The lowest BCUT2D eigenvalue weighted by Crippen LogP contribution is -2.44. The molecule has 0 heterocycles. The van der Waals surface area contributed by atoms with Gasteiger partial charge in [-0.05, 0) is 50.3 Å². The molecule has 0 aliphatic carbocycles. The highest BCUT2D eigenvalue weighted by atomic mass is 35.5. The van der Waals surface area contributed by atoms with Crippen LogP contribution in [0.2, 0.25) is 5.02 Å². The number of guanidine groups is 1. The third kappa shape index (κ3) is 10.7. The van der Waals surface area contributed by atoms with E-state index in [-0.39, 0.29) is 21.4 Å². The Morgan fingerprint density at radius 2 is 1.54 bits per heavy atom. The van der Waals surface area contributed by atoms with Crippen molar-refractivity contribution in [3.05, 3.63) is 52.5 Å². The maximum atomic E-state index is 12.7. The molecule has 0 radical (unpaired) electrons. The lowest BCUT2D eigenvalue weighted by atomic mass is 10.1. The molecule has 0 unspecified atom stereocenters. The SMILES string of the molecule is CN(C)CCc1ccc(Oc2c(Cl)cc(C(=O)N=C(N)N(CS(=O)(=O)O)CS(=O)(=O)O)cc2S(C)(=O)=O)cc1. The zero-order chi connectivity index (χ0) is 29.8. The number of nitrogens with zero attached hydrogens (tertiary/aromatic N) is 3. The first kappa shape index (κ1) is 32.4. The molecule has 2 aromatic rings. The molecular formula is C21H27ClN4O10S3. The van der Waals surface area contributed by atoms with Crippen LogP contribution in [-0.2, 0) is 36.5 Å². The van der Waals surface area contributed by atoms with Gasteiger partial charge in [-0.1, -0.05) is 23.7 Å². The molecule has 2 aromatic carbocycles. The molecule has 4 N–H and O–H groups in total. The first-order valence-corrected chi connectivity index (χ1v) is 16.2. The Hall–Kier alpha value is -2.80. The van der Waals surface area contributed by atoms with Crippen molar-refractivity contribution in [2.24, 2.45) is 10.7 Å². The van der Waals surface area contributed by atoms with Gasteiger partial charge in [-0.3, -0.25) is 13.9 Å². The Balaban J connectivity index is 2.44. The van der Waals surface area contributed by atoms with E-state index in [1.165, 1.54) is 0 Å². The van der Waals surface area contributed by atoms with Crippen LogP contribution >= 0.6 is 11.6 Å². The number of rotatable bonds is 11. The number of nitrogens with two attached hydrogens (primary N) is 1. The maximum absolute atomic E-state index is 12.7. The first-order valence-electron chi connectivity index (χ1n) is 10.7. The van der Waals surface area contributed by atoms with Crippen molar-refractivity contribution < 1.29 is 43.9 Å². The second-order valence-corrected chi connectivity index (χ2v) is 13.8. The predicted octanol–water partition coefficient (Wildman–Crippen LogP) is 1.09. The van der Waals surface area contributed by atoms with Crippen LogP contribution < -0.4 is 10.5 Å². The highest BCUT2D eigenvalue weighted by Gasteiger charge is 2.25. The summed E-state index contributed by atoms with van der Waals surface area (Å²) in [4.78, 5) is 17.8. The second kappa shape index (κ2) is 12.6. The van der Waals surface area contributed by atoms with E-state index >= 15 is 0 Å².